The number of hydrogen-bond acceptors (Lipinski definition) is 4. The van der Waals surface area contributed by atoms with E-state index >= 15 is 0 Å². The van der Waals surface area contributed by atoms with E-state index in [-0.39, 0.29) is 5.91 Å². The molecule has 0 aromatic carbocycles. The Morgan fingerprint density at radius 2 is 1.95 bits per heavy atom. The van der Waals surface area contributed by atoms with Gasteiger partial charge >= 0.3 is 0 Å². The first-order valence-electron chi connectivity index (χ1n) is 7.53. The third-order valence-electron chi connectivity index (χ3n) is 3.71. The minimum atomic E-state index is 0.243. The first-order chi connectivity index (χ1) is 9.21. The molecule has 1 heterocycles. The molecule has 0 aromatic heterocycles. The largest absolute Gasteiger partial charge is 0.378 e. The number of likely N-dealkylation sites (N-methyl/N-ethyl adjacent to an activating group) is 1. The van der Waals surface area contributed by atoms with E-state index in [1.807, 2.05) is 18.7 Å². The smallest absolute Gasteiger partial charge is 0.236 e. The highest BCUT2D eigenvalue weighted by molar-refractivity contribution is 5.78. The monoisotopic (exact) mass is 271 g/mol. The van der Waals surface area contributed by atoms with E-state index in [9.17, 15) is 4.79 Å². The summed E-state index contributed by atoms with van der Waals surface area (Å²) < 4.78 is 5.76. The summed E-state index contributed by atoms with van der Waals surface area (Å²) in [7, 11) is 0. The molecule has 0 saturated carbocycles. The van der Waals surface area contributed by atoms with Gasteiger partial charge in [-0.2, -0.15) is 0 Å². The fraction of sp³-hybridized carbons (Fsp3) is 0.929. The van der Waals surface area contributed by atoms with Gasteiger partial charge in [0.15, 0.2) is 0 Å². The summed E-state index contributed by atoms with van der Waals surface area (Å²) >= 11 is 0. The van der Waals surface area contributed by atoms with E-state index in [2.05, 4.69) is 4.90 Å². The maximum absolute atomic E-state index is 12.0. The van der Waals surface area contributed by atoms with Crippen molar-refractivity contribution in [2.45, 2.75) is 39.2 Å². The maximum atomic E-state index is 12.0. The van der Waals surface area contributed by atoms with E-state index < -0.39 is 0 Å². The molecule has 1 amide bonds. The molecule has 112 valence electrons. The molecule has 5 heteroatoms. The van der Waals surface area contributed by atoms with Gasteiger partial charge in [-0.25, -0.2) is 0 Å². The third-order valence-corrected chi connectivity index (χ3v) is 3.71. The Labute approximate surface area is 117 Å². The second-order valence-electron chi connectivity index (χ2n) is 5.05. The van der Waals surface area contributed by atoms with Gasteiger partial charge in [-0.05, 0) is 39.7 Å². The van der Waals surface area contributed by atoms with Crippen molar-refractivity contribution >= 4 is 5.91 Å². The van der Waals surface area contributed by atoms with Crippen molar-refractivity contribution in [2.75, 3.05) is 45.9 Å². The molecule has 1 saturated heterocycles. The zero-order chi connectivity index (χ0) is 14.1. The van der Waals surface area contributed by atoms with Crippen LogP contribution in [-0.2, 0) is 9.53 Å². The molecule has 1 fully saturated rings. The van der Waals surface area contributed by atoms with Crippen LogP contribution >= 0.6 is 0 Å². The summed E-state index contributed by atoms with van der Waals surface area (Å²) in [6.45, 7) is 9.58. The van der Waals surface area contributed by atoms with E-state index in [1.165, 1.54) is 0 Å². The zero-order valence-electron chi connectivity index (χ0n) is 12.4. The first-order valence-corrected chi connectivity index (χ1v) is 7.53. The molecular weight excluding hydrogens is 242 g/mol. The first kappa shape index (κ1) is 16.4. The Kier molecular flexibility index (Phi) is 8.02. The third kappa shape index (κ3) is 5.89. The Bertz CT molecular complexity index is 249. The van der Waals surface area contributed by atoms with Gasteiger partial charge in [0, 0.05) is 32.8 Å². The summed E-state index contributed by atoms with van der Waals surface area (Å²) in [5.41, 5.74) is 5.45. The highest BCUT2D eigenvalue weighted by Crippen LogP contribution is 2.14. The molecule has 19 heavy (non-hydrogen) atoms. The van der Waals surface area contributed by atoms with Crippen LogP contribution in [0.1, 0.15) is 33.1 Å². The van der Waals surface area contributed by atoms with E-state index in [4.69, 9.17) is 10.5 Å². The normalized spacial score (nSPS) is 17.6. The Balaban J connectivity index is 2.20. The predicted molar refractivity (Wildman–Crippen MR) is 77.0 cm³/mol. The van der Waals surface area contributed by atoms with Crippen molar-refractivity contribution in [3.63, 3.8) is 0 Å². The summed E-state index contributed by atoms with van der Waals surface area (Å²) in [5, 5.41) is 0. The van der Waals surface area contributed by atoms with Gasteiger partial charge in [0.25, 0.3) is 0 Å². The SMILES string of the molecule is CCN(CC)C(=O)CN1CCC(OCCCN)CC1. The van der Waals surface area contributed by atoms with Gasteiger partial charge in [0.05, 0.1) is 12.6 Å². The fourth-order valence-electron chi connectivity index (χ4n) is 2.43. The summed E-state index contributed by atoms with van der Waals surface area (Å²) in [6, 6.07) is 0. The van der Waals surface area contributed by atoms with Gasteiger partial charge < -0.3 is 15.4 Å². The summed E-state index contributed by atoms with van der Waals surface area (Å²) in [6.07, 6.45) is 3.33. The number of nitrogens with zero attached hydrogens (tertiary/aromatic N) is 2. The van der Waals surface area contributed by atoms with Gasteiger partial charge in [-0.3, -0.25) is 9.69 Å². The minimum Gasteiger partial charge on any atom is -0.378 e. The van der Waals surface area contributed by atoms with Crippen molar-refractivity contribution in [2.24, 2.45) is 5.73 Å². The van der Waals surface area contributed by atoms with Crippen molar-refractivity contribution in [1.82, 2.24) is 9.80 Å². The highest BCUT2D eigenvalue weighted by Gasteiger charge is 2.22. The van der Waals surface area contributed by atoms with Gasteiger partial charge in [-0.1, -0.05) is 0 Å². The molecule has 0 spiro atoms. The van der Waals surface area contributed by atoms with Crippen LogP contribution in [0.15, 0.2) is 0 Å². The second-order valence-corrected chi connectivity index (χ2v) is 5.05. The molecule has 5 nitrogen and oxygen atoms in total. The summed E-state index contributed by atoms with van der Waals surface area (Å²) in [5.74, 6) is 0.243. The van der Waals surface area contributed by atoms with Crippen LogP contribution in [0.4, 0.5) is 0 Å². The lowest BCUT2D eigenvalue weighted by atomic mass is 10.1. The lowest BCUT2D eigenvalue weighted by Crippen LogP contribution is -2.44. The number of carbonyl (C=O) groups excluding carboxylic acids is 1. The number of carbonyl (C=O) groups is 1. The molecule has 0 aliphatic carbocycles. The van der Waals surface area contributed by atoms with Crippen molar-refractivity contribution in [3.05, 3.63) is 0 Å². The minimum absolute atomic E-state index is 0.243. The van der Waals surface area contributed by atoms with Crippen LogP contribution in [0.3, 0.4) is 0 Å². The quantitative estimate of drug-likeness (QED) is 0.660. The molecule has 0 atom stereocenters. The molecule has 1 aliphatic heterocycles. The number of likely N-dealkylation sites (tertiary alicyclic amines) is 1. The molecule has 0 aromatic rings. The lowest BCUT2D eigenvalue weighted by molar-refractivity contribution is -0.132. The molecule has 0 unspecified atom stereocenters. The second kappa shape index (κ2) is 9.28. The van der Waals surface area contributed by atoms with E-state index in [0.717, 1.165) is 52.0 Å². The molecular formula is C14H29N3O2. The van der Waals surface area contributed by atoms with Gasteiger partial charge in [0.1, 0.15) is 0 Å². The molecule has 1 aliphatic rings. The number of amides is 1. The Morgan fingerprint density at radius 1 is 1.32 bits per heavy atom. The average molecular weight is 271 g/mol. The van der Waals surface area contributed by atoms with E-state index in [1.54, 1.807) is 0 Å². The van der Waals surface area contributed by atoms with Crippen LogP contribution in [-0.4, -0.2) is 67.7 Å². The predicted octanol–water partition coefficient (Wildman–Crippen LogP) is 0.685. The highest BCUT2D eigenvalue weighted by atomic mass is 16.5. The number of ether oxygens (including phenoxy) is 1. The zero-order valence-corrected chi connectivity index (χ0v) is 12.4. The number of rotatable bonds is 8. The number of piperidine rings is 1. The molecule has 0 radical (unpaired) electrons. The molecule has 1 rings (SSSR count). The van der Waals surface area contributed by atoms with Crippen LogP contribution in [0.25, 0.3) is 0 Å². The standard InChI is InChI=1S/C14H29N3O2/c1-3-17(4-2)14(18)12-16-9-6-13(7-10-16)19-11-5-8-15/h13H,3-12,15H2,1-2H3. The lowest BCUT2D eigenvalue weighted by Gasteiger charge is -2.32. The van der Waals surface area contributed by atoms with Crippen LogP contribution in [0.2, 0.25) is 0 Å². The van der Waals surface area contributed by atoms with Crippen molar-refractivity contribution in [3.8, 4) is 0 Å². The number of nitrogens with two attached hydrogens (primary N) is 1. The van der Waals surface area contributed by atoms with Crippen LogP contribution < -0.4 is 5.73 Å². The van der Waals surface area contributed by atoms with Crippen LogP contribution in [0.5, 0.6) is 0 Å². The Hall–Kier alpha value is -0.650. The van der Waals surface area contributed by atoms with Crippen LogP contribution in [0, 0.1) is 0 Å². The fourth-order valence-corrected chi connectivity index (χ4v) is 2.43. The number of hydrogen-bond donors (Lipinski definition) is 1. The van der Waals surface area contributed by atoms with Crippen molar-refractivity contribution < 1.29 is 9.53 Å². The van der Waals surface area contributed by atoms with E-state index in [0.29, 0.717) is 19.2 Å². The molecule has 2 N–H and O–H groups in total. The summed E-state index contributed by atoms with van der Waals surface area (Å²) in [4.78, 5) is 16.1. The Morgan fingerprint density at radius 3 is 2.47 bits per heavy atom. The van der Waals surface area contributed by atoms with Crippen molar-refractivity contribution in [1.29, 1.82) is 0 Å². The van der Waals surface area contributed by atoms with Gasteiger partial charge in [-0.15, -0.1) is 0 Å². The van der Waals surface area contributed by atoms with Gasteiger partial charge in [0.2, 0.25) is 5.91 Å². The topological polar surface area (TPSA) is 58.8 Å². The molecule has 0 bridgehead atoms. The average Bonchev–Trinajstić information content (AvgIpc) is 2.42. The maximum Gasteiger partial charge on any atom is 0.236 e.